The average Bonchev–Trinajstić information content (AvgIpc) is 3.40. The molecule has 0 bridgehead atoms. The van der Waals surface area contributed by atoms with Gasteiger partial charge in [-0.2, -0.15) is 13.2 Å². The largest absolute Gasteiger partial charge is 0.508 e. The van der Waals surface area contributed by atoms with Crippen LogP contribution in [0.5, 0.6) is 17.2 Å². The van der Waals surface area contributed by atoms with Gasteiger partial charge < -0.3 is 29.4 Å². The third-order valence-electron chi connectivity index (χ3n) is 6.47. The van der Waals surface area contributed by atoms with Gasteiger partial charge in [0.15, 0.2) is 6.29 Å². The summed E-state index contributed by atoms with van der Waals surface area (Å²) in [5.74, 6) is 0.900. The van der Waals surface area contributed by atoms with Gasteiger partial charge >= 0.3 is 6.18 Å². The first-order valence-corrected chi connectivity index (χ1v) is 11.5. The number of anilines is 1. The molecule has 2 N–H and O–H groups in total. The molecular formula is C27H22F3NO5. The third kappa shape index (κ3) is 4.14. The van der Waals surface area contributed by atoms with Gasteiger partial charge in [0.05, 0.1) is 18.8 Å². The second-order valence-electron chi connectivity index (χ2n) is 8.73. The number of aromatic hydroxyl groups is 1. The summed E-state index contributed by atoms with van der Waals surface area (Å²) in [6.45, 7) is 1.71. The maximum Gasteiger partial charge on any atom is 0.416 e. The Hall–Kier alpha value is -3.69. The minimum Gasteiger partial charge on any atom is -0.508 e. The zero-order chi connectivity index (χ0) is 24.9. The van der Waals surface area contributed by atoms with Crippen molar-refractivity contribution in [3.05, 3.63) is 82.9 Å². The molecular weight excluding hydrogens is 475 g/mol. The van der Waals surface area contributed by atoms with Gasteiger partial charge in [-0.1, -0.05) is 18.2 Å². The van der Waals surface area contributed by atoms with Crippen molar-refractivity contribution >= 4 is 16.8 Å². The van der Waals surface area contributed by atoms with Crippen molar-refractivity contribution < 1.29 is 37.2 Å². The Labute approximate surface area is 204 Å². The van der Waals surface area contributed by atoms with Crippen LogP contribution in [0.3, 0.4) is 0 Å². The van der Waals surface area contributed by atoms with Crippen LogP contribution in [0.2, 0.25) is 0 Å². The molecule has 1 saturated heterocycles. The molecule has 1 fully saturated rings. The van der Waals surface area contributed by atoms with Gasteiger partial charge in [-0.25, -0.2) is 0 Å². The molecule has 6 rings (SSSR count). The van der Waals surface area contributed by atoms with Gasteiger partial charge in [-0.05, 0) is 47.5 Å². The van der Waals surface area contributed by atoms with Crippen molar-refractivity contribution in [2.45, 2.75) is 18.6 Å². The summed E-state index contributed by atoms with van der Waals surface area (Å²) in [4.78, 5) is 0. The van der Waals surface area contributed by atoms with Gasteiger partial charge in [0.1, 0.15) is 30.0 Å². The van der Waals surface area contributed by atoms with Crippen LogP contribution in [0.15, 0.2) is 60.7 Å². The van der Waals surface area contributed by atoms with Crippen molar-refractivity contribution in [2.24, 2.45) is 0 Å². The fraction of sp³-hybridized carbons (Fsp3) is 0.259. The molecule has 0 unspecified atom stereocenters. The summed E-state index contributed by atoms with van der Waals surface area (Å²) in [6, 6.07) is 15.8. The fourth-order valence-corrected chi connectivity index (χ4v) is 4.77. The highest BCUT2D eigenvalue weighted by molar-refractivity contribution is 6.02. The Kier molecular flexibility index (Phi) is 5.54. The number of rotatable bonds is 4. The highest BCUT2D eigenvalue weighted by Crippen LogP contribution is 2.51. The Bertz CT molecular complexity index is 1330. The molecule has 1 atom stereocenters. The molecule has 9 heteroatoms. The van der Waals surface area contributed by atoms with Gasteiger partial charge in [0, 0.05) is 35.0 Å². The van der Waals surface area contributed by atoms with E-state index < -0.39 is 24.1 Å². The summed E-state index contributed by atoms with van der Waals surface area (Å²) >= 11 is 0. The maximum atomic E-state index is 13.4. The Morgan fingerprint density at radius 1 is 0.944 bits per heavy atom. The second-order valence-corrected chi connectivity index (χ2v) is 8.73. The van der Waals surface area contributed by atoms with Gasteiger partial charge in [0.2, 0.25) is 0 Å². The van der Waals surface area contributed by atoms with E-state index in [-0.39, 0.29) is 18.1 Å². The number of hydrogen-bond donors (Lipinski definition) is 2. The summed E-state index contributed by atoms with van der Waals surface area (Å²) < 4.78 is 63.1. The molecule has 0 spiro atoms. The molecule has 3 aliphatic rings. The minimum absolute atomic E-state index is 0.116. The zero-order valence-corrected chi connectivity index (χ0v) is 19.0. The van der Waals surface area contributed by atoms with E-state index in [1.54, 1.807) is 30.3 Å². The highest BCUT2D eigenvalue weighted by Gasteiger charge is 2.37. The molecule has 186 valence electrons. The first-order valence-electron chi connectivity index (χ1n) is 11.5. The molecule has 0 aromatic heterocycles. The summed E-state index contributed by atoms with van der Waals surface area (Å²) in [5, 5.41) is 13.2. The molecule has 3 aromatic rings. The van der Waals surface area contributed by atoms with Crippen molar-refractivity contribution in [1.29, 1.82) is 0 Å². The van der Waals surface area contributed by atoms with Crippen molar-refractivity contribution in [3.63, 3.8) is 0 Å². The molecule has 0 radical (unpaired) electrons. The average molecular weight is 497 g/mol. The van der Waals surface area contributed by atoms with E-state index in [1.165, 1.54) is 6.07 Å². The standard InChI is InChI=1S/C27H22F3NO5/c28-27(29,30)16-3-7-19-21-13-31-22-12-17(32)4-8-20(22)25(21)26(36-23(19)11-16)15-1-5-18(6-2-15)35-14-24-33-9-10-34-24/h1-8,11-12,24,26,31-32H,9-10,13-14H2/t26-/m1/s1. The summed E-state index contributed by atoms with van der Waals surface area (Å²) in [6.07, 6.45) is -5.54. The van der Waals surface area contributed by atoms with Crippen LogP contribution in [-0.4, -0.2) is 37.8 Å². The van der Waals surface area contributed by atoms with E-state index in [2.05, 4.69) is 5.32 Å². The Morgan fingerprint density at radius 2 is 1.69 bits per heavy atom. The number of phenols is 1. The zero-order valence-electron chi connectivity index (χ0n) is 19.0. The topological polar surface area (TPSA) is 69.2 Å². The predicted molar refractivity (Wildman–Crippen MR) is 126 cm³/mol. The first kappa shape index (κ1) is 22.8. The molecule has 3 heterocycles. The van der Waals surface area contributed by atoms with Crippen LogP contribution in [0.25, 0.3) is 11.1 Å². The quantitative estimate of drug-likeness (QED) is 0.487. The van der Waals surface area contributed by atoms with Gasteiger partial charge in [-0.15, -0.1) is 0 Å². The SMILES string of the molecule is Oc1ccc2c(c1)NCC1=C2[C@@H](c2ccc(OCC3OCCO3)cc2)Oc2cc(C(F)(F)F)ccc21. The minimum atomic E-state index is -4.48. The van der Waals surface area contributed by atoms with E-state index in [0.29, 0.717) is 31.1 Å². The number of nitrogens with one attached hydrogen (secondary N) is 1. The van der Waals surface area contributed by atoms with Crippen LogP contribution in [0.4, 0.5) is 18.9 Å². The van der Waals surface area contributed by atoms with E-state index >= 15 is 0 Å². The van der Waals surface area contributed by atoms with Crippen molar-refractivity contribution in [3.8, 4) is 17.2 Å². The van der Waals surface area contributed by atoms with Gasteiger partial charge in [-0.3, -0.25) is 0 Å². The monoisotopic (exact) mass is 497 g/mol. The number of hydrogen-bond acceptors (Lipinski definition) is 6. The fourth-order valence-electron chi connectivity index (χ4n) is 4.77. The normalized spacial score (nSPS) is 19.1. The first-order chi connectivity index (χ1) is 17.4. The number of fused-ring (bicyclic) bond motifs is 4. The van der Waals surface area contributed by atoms with Crippen LogP contribution in [-0.2, 0) is 15.7 Å². The maximum absolute atomic E-state index is 13.4. The van der Waals surface area contributed by atoms with E-state index in [9.17, 15) is 18.3 Å². The second kappa shape index (κ2) is 8.76. The van der Waals surface area contributed by atoms with E-state index in [0.717, 1.165) is 40.1 Å². The smallest absolute Gasteiger partial charge is 0.416 e. The Morgan fingerprint density at radius 3 is 2.44 bits per heavy atom. The number of phenolic OH excluding ortho intramolecular Hbond substituents is 1. The van der Waals surface area contributed by atoms with Crippen LogP contribution in [0.1, 0.15) is 28.4 Å². The predicted octanol–water partition coefficient (Wildman–Crippen LogP) is 5.63. The number of alkyl halides is 3. The van der Waals surface area contributed by atoms with E-state index in [1.807, 2.05) is 12.1 Å². The van der Waals surface area contributed by atoms with Gasteiger partial charge in [0.25, 0.3) is 0 Å². The van der Waals surface area contributed by atoms with Crippen LogP contribution < -0.4 is 14.8 Å². The number of ether oxygens (including phenoxy) is 4. The lowest BCUT2D eigenvalue weighted by molar-refractivity contribution is -0.137. The molecule has 0 saturated carbocycles. The lowest BCUT2D eigenvalue weighted by Crippen LogP contribution is -2.24. The molecule has 3 aromatic carbocycles. The van der Waals surface area contributed by atoms with Crippen molar-refractivity contribution in [2.75, 3.05) is 31.7 Å². The van der Waals surface area contributed by atoms with Crippen LogP contribution >= 0.6 is 0 Å². The third-order valence-corrected chi connectivity index (χ3v) is 6.47. The number of halogens is 3. The molecule has 36 heavy (non-hydrogen) atoms. The lowest BCUT2D eigenvalue weighted by Gasteiger charge is -2.36. The lowest BCUT2D eigenvalue weighted by atomic mass is 9.82. The molecule has 0 amide bonds. The number of benzene rings is 3. The van der Waals surface area contributed by atoms with Crippen molar-refractivity contribution in [1.82, 2.24) is 0 Å². The summed E-state index contributed by atoms with van der Waals surface area (Å²) in [5.41, 5.74) is 3.85. The highest BCUT2D eigenvalue weighted by atomic mass is 19.4. The van der Waals surface area contributed by atoms with E-state index in [4.69, 9.17) is 18.9 Å². The molecule has 0 aliphatic carbocycles. The molecule has 6 nitrogen and oxygen atoms in total. The molecule has 3 aliphatic heterocycles. The summed E-state index contributed by atoms with van der Waals surface area (Å²) in [7, 11) is 0. The van der Waals surface area contributed by atoms with Crippen LogP contribution in [0, 0.1) is 0 Å². The Balaban J connectivity index is 1.39.